The maximum absolute atomic E-state index is 13.3. The molecule has 0 saturated carbocycles. The van der Waals surface area contributed by atoms with Crippen molar-refractivity contribution in [1.29, 1.82) is 0 Å². The fourth-order valence-corrected chi connectivity index (χ4v) is 2.26. The lowest BCUT2D eigenvalue weighted by Gasteiger charge is -2.12. The molecule has 0 spiro atoms. The lowest BCUT2D eigenvalue weighted by molar-refractivity contribution is 0.199. The normalized spacial score (nSPS) is 13.1. The van der Waals surface area contributed by atoms with Gasteiger partial charge in [-0.1, -0.05) is 32.0 Å². The first kappa shape index (κ1) is 12.5. The van der Waals surface area contributed by atoms with Gasteiger partial charge in [0.25, 0.3) is 0 Å². The summed E-state index contributed by atoms with van der Waals surface area (Å²) in [6.45, 7) is 4.25. The Hall–Kier alpha value is -0.540. The Morgan fingerprint density at radius 2 is 1.93 bits per heavy atom. The number of thioether (sulfide) groups is 1. The fraction of sp³-hybridized carbons (Fsp3) is 0.500. The summed E-state index contributed by atoms with van der Waals surface area (Å²) in [6.07, 6.45) is -0.699. The van der Waals surface area contributed by atoms with E-state index in [0.717, 1.165) is 5.75 Å². The quantitative estimate of drug-likeness (QED) is 0.834. The van der Waals surface area contributed by atoms with Crippen LogP contribution < -0.4 is 0 Å². The van der Waals surface area contributed by atoms with Crippen molar-refractivity contribution < 1.29 is 9.50 Å². The molecule has 1 rings (SSSR count). The largest absolute Gasteiger partial charge is 0.387 e. The lowest BCUT2D eigenvalue weighted by Crippen LogP contribution is -2.05. The average Bonchev–Trinajstić information content (AvgIpc) is 2.17. The highest BCUT2D eigenvalue weighted by Gasteiger charge is 2.11. The van der Waals surface area contributed by atoms with Gasteiger partial charge in [0.15, 0.2) is 0 Å². The minimum absolute atomic E-state index is 0.324. The summed E-state index contributed by atoms with van der Waals surface area (Å²) in [5, 5.41) is 9.75. The van der Waals surface area contributed by atoms with Crippen molar-refractivity contribution in [3.63, 3.8) is 0 Å². The van der Waals surface area contributed by atoms with Crippen molar-refractivity contribution in [1.82, 2.24) is 0 Å². The molecule has 1 atom stereocenters. The van der Waals surface area contributed by atoms with Gasteiger partial charge in [0, 0.05) is 11.3 Å². The highest BCUT2D eigenvalue weighted by Crippen LogP contribution is 2.21. The van der Waals surface area contributed by atoms with E-state index in [1.807, 2.05) is 0 Å². The maximum Gasteiger partial charge on any atom is 0.129 e. The van der Waals surface area contributed by atoms with E-state index in [1.165, 1.54) is 6.07 Å². The molecule has 0 aliphatic carbocycles. The first-order valence-corrected chi connectivity index (χ1v) is 6.27. The van der Waals surface area contributed by atoms with E-state index in [4.69, 9.17) is 0 Å². The fourth-order valence-electron chi connectivity index (χ4n) is 1.25. The molecule has 0 saturated heterocycles. The number of aliphatic hydroxyl groups is 1. The number of benzene rings is 1. The molecule has 0 radical (unpaired) electrons. The summed E-state index contributed by atoms with van der Waals surface area (Å²) in [5.74, 6) is 1.82. The van der Waals surface area contributed by atoms with Crippen LogP contribution in [0.4, 0.5) is 4.39 Å². The summed E-state index contributed by atoms with van der Waals surface area (Å²) in [5.41, 5.74) is 0.397. The Bertz CT molecular complexity index is 301. The summed E-state index contributed by atoms with van der Waals surface area (Å²) >= 11 is 1.66. The third-order valence-electron chi connectivity index (χ3n) is 1.99. The Kier molecular flexibility index (Phi) is 5.12. The number of halogens is 1. The van der Waals surface area contributed by atoms with Gasteiger partial charge in [0.2, 0.25) is 0 Å². The minimum atomic E-state index is -0.699. The molecule has 15 heavy (non-hydrogen) atoms. The topological polar surface area (TPSA) is 20.2 Å². The van der Waals surface area contributed by atoms with Gasteiger partial charge in [0.05, 0.1) is 6.10 Å². The van der Waals surface area contributed by atoms with Gasteiger partial charge in [-0.3, -0.25) is 0 Å². The molecule has 1 nitrogen and oxygen atoms in total. The number of hydrogen-bond donors (Lipinski definition) is 1. The van der Waals surface area contributed by atoms with Gasteiger partial charge >= 0.3 is 0 Å². The van der Waals surface area contributed by atoms with Crippen molar-refractivity contribution in [3.05, 3.63) is 35.6 Å². The molecular weight excluding hydrogens is 211 g/mol. The molecule has 0 bridgehead atoms. The van der Waals surface area contributed by atoms with Crippen LogP contribution in [0.15, 0.2) is 24.3 Å². The zero-order valence-electron chi connectivity index (χ0n) is 9.11. The van der Waals surface area contributed by atoms with Crippen LogP contribution in [0.5, 0.6) is 0 Å². The van der Waals surface area contributed by atoms with E-state index < -0.39 is 6.10 Å². The third kappa shape index (κ3) is 4.22. The molecule has 0 aromatic heterocycles. The molecule has 0 fully saturated rings. The van der Waals surface area contributed by atoms with Gasteiger partial charge in [-0.05, 0) is 17.7 Å². The highest BCUT2D eigenvalue weighted by atomic mass is 32.2. The predicted octanol–water partition coefficient (Wildman–Crippen LogP) is 3.25. The summed E-state index contributed by atoms with van der Waals surface area (Å²) in [7, 11) is 0. The van der Waals surface area contributed by atoms with Crippen LogP contribution in [0.25, 0.3) is 0 Å². The van der Waals surface area contributed by atoms with E-state index in [9.17, 15) is 9.50 Å². The molecule has 0 aliphatic heterocycles. The highest BCUT2D eigenvalue weighted by molar-refractivity contribution is 7.99. The number of rotatable bonds is 5. The van der Waals surface area contributed by atoms with Crippen molar-refractivity contribution in [3.8, 4) is 0 Å². The first-order valence-electron chi connectivity index (χ1n) is 5.11. The van der Waals surface area contributed by atoms with Crippen LogP contribution in [0, 0.1) is 11.7 Å². The number of hydrogen-bond acceptors (Lipinski definition) is 2. The van der Waals surface area contributed by atoms with Crippen LogP contribution in [0.1, 0.15) is 25.5 Å². The second-order valence-corrected chi connectivity index (χ2v) is 5.04. The summed E-state index contributed by atoms with van der Waals surface area (Å²) in [6, 6.07) is 6.39. The lowest BCUT2D eigenvalue weighted by atomic mass is 10.1. The van der Waals surface area contributed by atoms with E-state index in [0.29, 0.717) is 17.2 Å². The van der Waals surface area contributed by atoms with Crippen LogP contribution in [0.2, 0.25) is 0 Å². The average molecular weight is 228 g/mol. The smallest absolute Gasteiger partial charge is 0.129 e. The van der Waals surface area contributed by atoms with Crippen LogP contribution in [-0.2, 0) is 0 Å². The Morgan fingerprint density at radius 1 is 1.27 bits per heavy atom. The zero-order valence-corrected chi connectivity index (χ0v) is 9.93. The maximum atomic E-state index is 13.3. The monoisotopic (exact) mass is 228 g/mol. The molecular formula is C12H17FOS. The van der Waals surface area contributed by atoms with Crippen molar-refractivity contribution >= 4 is 11.8 Å². The van der Waals surface area contributed by atoms with Crippen molar-refractivity contribution in [2.45, 2.75) is 20.0 Å². The molecule has 0 heterocycles. The molecule has 1 aromatic rings. The molecule has 3 heteroatoms. The van der Waals surface area contributed by atoms with E-state index in [-0.39, 0.29) is 5.82 Å². The summed E-state index contributed by atoms with van der Waals surface area (Å²) in [4.78, 5) is 0. The molecule has 1 aromatic carbocycles. The van der Waals surface area contributed by atoms with Crippen molar-refractivity contribution in [2.24, 2.45) is 5.92 Å². The Labute approximate surface area is 94.7 Å². The second kappa shape index (κ2) is 6.13. The van der Waals surface area contributed by atoms with Gasteiger partial charge in [-0.15, -0.1) is 0 Å². The van der Waals surface area contributed by atoms with Gasteiger partial charge in [0.1, 0.15) is 5.82 Å². The standard InChI is InChI=1S/C12H17FOS/c1-9(2)7-15-8-12(14)10-5-3-4-6-11(10)13/h3-6,9,12,14H,7-8H2,1-2H3. The Balaban J connectivity index is 2.47. The molecule has 84 valence electrons. The van der Waals surface area contributed by atoms with Gasteiger partial charge in [-0.25, -0.2) is 4.39 Å². The van der Waals surface area contributed by atoms with Crippen LogP contribution >= 0.6 is 11.8 Å². The van der Waals surface area contributed by atoms with Crippen molar-refractivity contribution in [2.75, 3.05) is 11.5 Å². The third-order valence-corrected chi connectivity index (χ3v) is 3.44. The zero-order chi connectivity index (χ0) is 11.3. The van der Waals surface area contributed by atoms with Gasteiger partial charge in [-0.2, -0.15) is 11.8 Å². The summed E-state index contributed by atoms with van der Waals surface area (Å²) < 4.78 is 13.3. The van der Waals surface area contributed by atoms with E-state index >= 15 is 0 Å². The molecule has 0 amide bonds. The van der Waals surface area contributed by atoms with Crippen LogP contribution in [-0.4, -0.2) is 16.6 Å². The van der Waals surface area contributed by atoms with Gasteiger partial charge < -0.3 is 5.11 Å². The SMILES string of the molecule is CC(C)CSCC(O)c1ccccc1F. The first-order chi connectivity index (χ1) is 7.11. The molecule has 1 N–H and O–H groups in total. The second-order valence-electron chi connectivity index (χ2n) is 3.97. The van der Waals surface area contributed by atoms with E-state index in [1.54, 1.807) is 30.0 Å². The van der Waals surface area contributed by atoms with E-state index in [2.05, 4.69) is 13.8 Å². The Morgan fingerprint density at radius 3 is 2.53 bits per heavy atom. The minimum Gasteiger partial charge on any atom is -0.387 e. The molecule has 0 aliphatic rings. The van der Waals surface area contributed by atoms with Crippen LogP contribution in [0.3, 0.4) is 0 Å². The number of aliphatic hydroxyl groups excluding tert-OH is 1. The molecule has 1 unspecified atom stereocenters. The predicted molar refractivity (Wildman–Crippen MR) is 63.5 cm³/mol.